The van der Waals surface area contributed by atoms with Gasteiger partial charge in [-0.25, -0.2) is 0 Å². The topological polar surface area (TPSA) is 44.8 Å². The molecule has 0 fully saturated rings. The van der Waals surface area contributed by atoms with Gasteiger partial charge >= 0.3 is 0 Å². The fourth-order valence-electron chi connectivity index (χ4n) is 1.31. The molecule has 0 bridgehead atoms. The van der Waals surface area contributed by atoms with Crippen LogP contribution in [0.3, 0.4) is 0 Å². The van der Waals surface area contributed by atoms with E-state index in [1.807, 2.05) is 0 Å². The lowest BCUT2D eigenvalue weighted by molar-refractivity contribution is 0.111. The monoisotopic (exact) mass is 240 g/mol. The average molecular weight is 241 g/mol. The van der Waals surface area contributed by atoms with E-state index in [0.717, 1.165) is 0 Å². The highest BCUT2D eigenvalue weighted by molar-refractivity contribution is 6.29. The van der Waals surface area contributed by atoms with Gasteiger partial charge in [-0.05, 0) is 6.07 Å². The molecule has 1 aromatic carbocycles. The Morgan fingerprint density at radius 2 is 2.19 bits per heavy atom. The van der Waals surface area contributed by atoms with E-state index in [1.54, 1.807) is 12.1 Å². The van der Waals surface area contributed by atoms with Gasteiger partial charge in [-0.15, -0.1) is 0 Å². The van der Waals surface area contributed by atoms with Crippen LogP contribution in [-0.4, -0.2) is 19.7 Å². The van der Waals surface area contributed by atoms with E-state index in [-0.39, 0.29) is 13.4 Å². The van der Waals surface area contributed by atoms with E-state index < -0.39 is 0 Å². The number of fused-ring (bicyclic) bond motifs is 1. The molecule has 5 heteroatoms. The third-order valence-corrected chi connectivity index (χ3v) is 2.13. The normalized spacial score (nSPS) is 12.3. The van der Waals surface area contributed by atoms with Crippen molar-refractivity contribution in [2.75, 3.05) is 13.4 Å². The smallest absolute Gasteiger partial charge is 0.231 e. The Kier molecular flexibility index (Phi) is 3.01. The minimum absolute atomic E-state index is 0.141. The number of ether oxygens (including phenoxy) is 3. The van der Waals surface area contributed by atoms with Crippen LogP contribution in [0.2, 0.25) is 0 Å². The molecule has 1 heterocycles. The maximum absolute atomic E-state index is 10.8. The van der Waals surface area contributed by atoms with E-state index in [0.29, 0.717) is 34.1 Å². The first-order valence-electron chi connectivity index (χ1n) is 4.55. The lowest BCUT2D eigenvalue weighted by Gasteiger charge is -2.08. The van der Waals surface area contributed by atoms with Gasteiger partial charge in [0.1, 0.15) is 12.4 Å². The predicted octanol–water partition coefficient (Wildman–Crippen LogP) is 2.36. The maximum atomic E-state index is 10.8. The maximum Gasteiger partial charge on any atom is 0.231 e. The van der Waals surface area contributed by atoms with Crippen molar-refractivity contribution in [3.8, 4) is 17.2 Å². The summed E-state index contributed by atoms with van der Waals surface area (Å²) in [6, 6.07) is 3.17. The Bertz CT molecular complexity index is 442. The molecule has 0 saturated heterocycles. The summed E-state index contributed by atoms with van der Waals surface area (Å²) in [7, 11) is 0. The molecule has 0 radical (unpaired) electrons. The van der Waals surface area contributed by atoms with Crippen LogP contribution in [0.1, 0.15) is 10.4 Å². The largest absolute Gasteiger partial charge is 0.487 e. The first kappa shape index (κ1) is 10.8. The minimum atomic E-state index is 0.141. The van der Waals surface area contributed by atoms with E-state index in [9.17, 15) is 4.79 Å². The Morgan fingerprint density at radius 1 is 1.50 bits per heavy atom. The molecule has 0 N–H and O–H groups in total. The van der Waals surface area contributed by atoms with Crippen LogP contribution in [0.4, 0.5) is 0 Å². The van der Waals surface area contributed by atoms with Crippen molar-refractivity contribution in [1.29, 1.82) is 0 Å². The zero-order valence-corrected chi connectivity index (χ0v) is 9.12. The van der Waals surface area contributed by atoms with Crippen molar-refractivity contribution in [1.82, 2.24) is 0 Å². The molecule has 84 valence electrons. The summed E-state index contributed by atoms with van der Waals surface area (Å²) in [5.41, 5.74) is 0.391. The SMILES string of the molecule is C=C(Cl)COc1cc2c(cc1C=O)OCO2. The third kappa shape index (κ3) is 2.12. The number of benzene rings is 1. The lowest BCUT2D eigenvalue weighted by atomic mass is 10.2. The predicted molar refractivity (Wildman–Crippen MR) is 58.4 cm³/mol. The molecule has 0 atom stereocenters. The molecule has 0 aliphatic carbocycles. The van der Waals surface area contributed by atoms with Gasteiger partial charge < -0.3 is 14.2 Å². The molecule has 0 amide bonds. The summed E-state index contributed by atoms with van der Waals surface area (Å²) < 4.78 is 15.6. The number of halogens is 1. The highest BCUT2D eigenvalue weighted by atomic mass is 35.5. The van der Waals surface area contributed by atoms with Crippen molar-refractivity contribution in [2.45, 2.75) is 0 Å². The molecule has 0 unspecified atom stereocenters. The summed E-state index contributed by atoms with van der Waals surface area (Å²) in [5.74, 6) is 1.50. The molecular formula is C11H9ClO4. The van der Waals surface area contributed by atoms with Crippen LogP contribution in [-0.2, 0) is 0 Å². The van der Waals surface area contributed by atoms with Gasteiger partial charge in [0.2, 0.25) is 6.79 Å². The van der Waals surface area contributed by atoms with E-state index in [1.165, 1.54) is 0 Å². The number of hydrogen-bond acceptors (Lipinski definition) is 4. The van der Waals surface area contributed by atoms with Crippen LogP contribution < -0.4 is 14.2 Å². The third-order valence-electron chi connectivity index (χ3n) is 2.02. The van der Waals surface area contributed by atoms with Gasteiger partial charge in [-0.3, -0.25) is 4.79 Å². The Morgan fingerprint density at radius 3 is 2.81 bits per heavy atom. The second-order valence-electron chi connectivity index (χ2n) is 3.17. The average Bonchev–Trinajstić information content (AvgIpc) is 2.71. The summed E-state index contributed by atoms with van der Waals surface area (Å²) in [6.45, 7) is 3.79. The Labute approximate surface area is 97.4 Å². The fraction of sp³-hybridized carbons (Fsp3) is 0.182. The lowest BCUT2D eigenvalue weighted by Crippen LogP contribution is -1.99. The fourth-order valence-corrected chi connectivity index (χ4v) is 1.37. The molecule has 16 heavy (non-hydrogen) atoms. The summed E-state index contributed by atoms with van der Waals surface area (Å²) in [6.07, 6.45) is 0.689. The van der Waals surface area contributed by atoms with Crippen molar-refractivity contribution in [2.24, 2.45) is 0 Å². The Balaban J connectivity index is 2.28. The molecule has 2 rings (SSSR count). The summed E-state index contributed by atoms with van der Waals surface area (Å²) in [4.78, 5) is 10.8. The van der Waals surface area contributed by atoms with Crippen molar-refractivity contribution in [3.63, 3.8) is 0 Å². The minimum Gasteiger partial charge on any atom is -0.487 e. The molecule has 1 aliphatic heterocycles. The number of aldehydes is 1. The van der Waals surface area contributed by atoms with Crippen molar-refractivity contribution < 1.29 is 19.0 Å². The van der Waals surface area contributed by atoms with Crippen LogP contribution in [0.15, 0.2) is 23.7 Å². The van der Waals surface area contributed by atoms with Crippen LogP contribution in [0.25, 0.3) is 0 Å². The van der Waals surface area contributed by atoms with Crippen molar-refractivity contribution >= 4 is 17.9 Å². The number of carbonyl (C=O) groups is 1. The Hall–Kier alpha value is -1.68. The first-order valence-corrected chi connectivity index (χ1v) is 4.93. The van der Waals surface area contributed by atoms with Crippen LogP contribution >= 0.6 is 11.6 Å². The number of rotatable bonds is 4. The number of hydrogen-bond donors (Lipinski definition) is 0. The molecular weight excluding hydrogens is 232 g/mol. The quantitative estimate of drug-likeness (QED) is 0.758. The highest BCUT2D eigenvalue weighted by Gasteiger charge is 2.17. The summed E-state index contributed by atoms with van der Waals surface area (Å²) >= 11 is 5.58. The molecule has 4 nitrogen and oxygen atoms in total. The van der Waals surface area contributed by atoms with Gasteiger partial charge in [0, 0.05) is 11.1 Å². The van der Waals surface area contributed by atoms with Gasteiger partial charge in [-0.2, -0.15) is 0 Å². The first-order chi connectivity index (χ1) is 7.70. The summed E-state index contributed by atoms with van der Waals surface area (Å²) in [5, 5.41) is 0.356. The molecule has 0 spiro atoms. The standard InChI is InChI=1S/C11H9ClO4/c1-7(12)5-14-9-3-11-10(15-6-16-11)2-8(9)4-13/h2-4H,1,5-6H2. The van der Waals surface area contributed by atoms with Gasteiger partial charge in [0.25, 0.3) is 0 Å². The van der Waals surface area contributed by atoms with E-state index in [4.69, 9.17) is 25.8 Å². The molecule has 0 saturated carbocycles. The van der Waals surface area contributed by atoms with Crippen LogP contribution in [0, 0.1) is 0 Å². The number of carbonyl (C=O) groups excluding carboxylic acids is 1. The van der Waals surface area contributed by atoms with Gasteiger partial charge in [0.05, 0.1) is 5.56 Å². The van der Waals surface area contributed by atoms with Gasteiger partial charge in [-0.1, -0.05) is 18.2 Å². The van der Waals surface area contributed by atoms with E-state index in [2.05, 4.69) is 6.58 Å². The zero-order chi connectivity index (χ0) is 11.5. The van der Waals surface area contributed by atoms with Crippen molar-refractivity contribution in [3.05, 3.63) is 29.3 Å². The van der Waals surface area contributed by atoms with Crippen LogP contribution in [0.5, 0.6) is 17.2 Å². The molecule has 1 aliphatic rings. The molecule has 0 aromatic heterocycles. The second kappa shape index (κ2) is 4.45. The zero-order valence-electron chi connectivity index (χ0n) is 8.36. The molecule has 1 aromatic rings. The highest BCUT2D eigenvalue weighted by Crippen LogP contribution is 2.37. The second-order valence-corrected chi connectivity index (χ2v) is 3.70. The van der Waals surface area contributed by atoms with E-state index >= 15 is 0 Å². The van der Waals surface area contributed by atoms with Gasteiger partial charge in [0.15, 0.2) is 17.8 Å².